The van der Waals surface area contributed by atoms with Crippen LogP contribution in [0.3, 0.4) is 0 Å². The Morgan fingerprint density at radius 2 is 1.62 bits per heavy atom. The summed E-state index contributed by atoms with van der Waals surface area (Å²) in [5.41, 5.74) is 2.64. The number of aromatic amines is 1. The molecule has 0 aliphatic heterocycles. The molecule has 1 aromatic heterocycles. The van der Waals surface area contributed by atoms with Crippen LogP contribution < -0.4 is 5.32 Å². The normalized spacial score (nSPS) is 10.8. The van der Waals surface area contributed by atoms with Crippen LogP contribution in [0.4, 0.5) is 5.69 Å². The average Bonchev–Trinajstić information content (AvgIpc) is 3.07. The fourth-order valence-electron chi connectivity index (χ4n) is 3.20. The fraction of sp³-hybridized carbons (Fsp3) is 0.0435. The largest absolute Gasteiger partial charge is 0.350 e. The number of rotatable bonds is 5. The Bertz CT molecular complexity index is 1220. The average molecular weight is 423 g/mol. The van der Waals surface area contributed by atoms with Crippen LogP contribution in [-0.2, 0) is 11.2 Å². The number of aromatic nitrogens is 1. The lowest BCUT2D eigenvalue weighted by atomic mass is 10.1. The van der Waals surface area contributed by atoms with Crippen LogP contribution in [0.1, 0.15) is 21.6 Å². The van der Waals surface area contributed by atoms with Gasteiger partial charge in [0.05, 0.1) is 12.1 Å². The zero-order chi connectivity index (χ0) is 20.4. The highest BCUT2D eigenvalue weighted by Gasteiger charge is 2.21. The molecule has 0 fully saturated rings. The molecule has 1 heterocycles. The summed E-state index contributed by atoms with van der Waals surface area (Å²) >= 11 is 12.3. The number of fused-ring (bicyclic) bond motifs is 1. The van der Waals surface area contributed by atoms with Gasteiger partial charge in [0.2, 0.25) is 11.7 Å². The minimum Gasteiger partial charge on any atom is -0.350 e. The van der Waals surface area contributed by atoms with Gasteiger partial charge in [-0.15, -0.1) is 0 Å². The topological polar surface area (TPSA) is 62.0 Å². The predicted octanol–water partition coefficient (Wildman–Crippen LogP) is 5.89. The van der Waals surface area contributed by atoms with E-state index in [2.05, 4.69) is 10.3 Å². The summed E-state index contributed by atoms with van der Waals surface area (Å²) in [5, 5.41) is 4.65. The van der Waals surface area contributed by atoms with E-state index in [0.717, 1.165) is 0 Å². The summed E-state index contributed by atoms with van der Waals surface area (Å²) in [6, 6.07) is 21.3. The van der Waals surface area contributed by atoms with Crippen molar-refractivity contribution in [2.45, 2.75) is 6.42 Å². The van der Waals surface area contributed by atoms with E-state index in [4.69, 9.17) is 23.2 Å². The van der Waals surface area contributed by atoms with Gasteiger partial charge in [0.25, 0.3) is 0 Å². The summed E-state index contributed by atoms with van der Waals surface area (Å²) in [6.45, 7) is 0. The lowest BCUT2D eigenvalue weighted by Gasteiger charge is -2.08. The number of carbonyl (C=O) groups excluding carboxylic acids is 2. The number of carbonyl (C=O) groups is 2. The van der Waals surface area contributed by atoms with E-state index in [1.54, 1.807) is 54.6 Å². The van der Waals surface area contributed by atoms with Crippen LogP contribution in [0.15, 0.2) is 72.8 Å². The number of hydrogen-bond donors (Lipinski definition) is 2. The molecule has 4 nitrogen and oxygen atoms in total. The van der Waals surface area contributed by atoms with Gasteiger partial charge in [-0.05, 0) is 29.8 Å². The van der Waals surface area contributed by atoms with Crippen LogP contribution in [-0.4, -0.2) is 16.7 Å². The highest BCUT2D eigenvalue weighted by Crippen LogP contribution is 2.31. The van der Waals surface area contributed by atoms with Gasteiger partial charge in [-0.2, -0.15) is 0 Å². The molecule has 0 saturated heterocycles. The first-order valence-electron chi connectivity index (χ1n) is 8.97. The van der Waals surface area contributed by atoms with E-state index >= 15 is 0 Å². The Morgan fingerprint density at radius 1 is 0.897 bits per heavy atom. The van der Waals surface area contributed by atoms with Gasteiger partial charge in [-0.1, -0.05) is 71.7 Å². The molecule has 4 rings (SSSR count). The van der Waals surface area contributed by atoms with Gasteiger partial charge in [0.15, 0.2) is 0 Å². The van der Waals surface area contributed by atoms with E-state index in [0.29, 0.717) is 43.5 Å². The molecule has 0 spiro atoms. The summed E-state index contributed by atoms with van der Waals surface area (Å²) in [7, 11) is 0. The molecule has 0 unspecified atom stereocenters. The number of halogens is 2. The highest BCUT2D eigenvalue weighted by atomic mass is 35.5. The summed E-state index contributed by atoms with van der Waals surface area (Å²) in [4.78, 5) is 28.9. The van der Waals surface area contributed by atoms with Crippen LogP contribution in [0.5, 0.6) is 0 Å². The smallest absolute Gasteiger partial charge is 0.228 e. The molecule has 0 radical (unpaired) electrons. The molecule has 29 heavy (non-hydrogen) atoms. The number of nitrogens with one attached hydrogen (secondary N) is 2. The van der Waals surface area contributed by atoms with Crippen molar-refractivity contribution in [1.82, 2.24) is 4.98 Å². The number of ketones is 1. The molecule has 3 aromatic carbocycles. The Labute approximate surface area is 177 Å². The Kier molecular flexibility index (Phi) is 5.38. The first-order valence-corrected chi connectivity index (χ1v) is 9.73. The van der Waals surface area contributed by atoms with E-state index < -0.39 is 0 Å². The van der Waals surface area contributed by atoms with Gasteiger partial charge in [0, 0.05) is 26.5 Å². The predicted molar refractivity (Wildman–Crippen MR) is 117 cm³/mol. The quantitative estimate of drug-likeness (QED) is 0.394. The Balaban J connectivity index is 1.73. The van der Waals surface area contributed by atoms with Crippen LogP contribution >= 0.6 is 23.2 Å². The molecular formula is C23H16Cl2N2O2. The third kappa shape index (κ3) is 4.04. The Hall–Kier alpha value is -3.08. The van der Waals surface area contributed by atoms with Crippen molar-refractivity contribution >= 4 is 51.5 Å². The molecule has 2 N–H and O–H groups in total. The van der Waals surface area contributed by atoms with Gasteiger partial charge < -0.3 is 10.3 Å². The molecule has 0 bridgehead atoms. The van der Waals surface area contributed by atoms with Crippen LogP contribution in [0.2, 0.25) is 10.0 Å². The van der Waals surface area contributed by atoms with Crippen molar-refractivity contribution in [1.29, 1.82) is 0 Å². The van der Waals surface area contributed by atoms with E-state index in [9.17, 15) is 9.59 Å². The zero-order valence-corrected chi connectivity index (χ0v) is 16.7. The molecule has 4 aromatic rings. The first kappa shape index (κ1) is 19.2. The molecule has 0 atom stereocenters. The third-order valence-corrected chi connectivity index (χ3v) is 5.20. The van der Waals surface area contributed by atoms with Crippen LogP contribution in [0.25, 0.3) is 10.9 Å². The summed E-state index contributed by atoms with van der Waals surface area (Å²) in [5.74, 6) is -0.484. The maximum Gasteiger partial charge on any atom is 0.228 e. The second-order valence-electron chi connectivity index (χ2n) is 6.58. The number of amides is 1. The second kappa shape index (κ2) is 8.11. The number of anilines is 1. The van der Waals surface area contributed by atoms with Crippen molar-refractivity contribution in [3.63, 3.8) is 0 Å². The molecule has 144 valence electrons. The van der Waals surface area contributed by atoms with Crippen LogP contribution in [0, 0.1) is 0 Å². The molecule has 0 aliphatic rings. The monoisotopic (exact) mass is 422 g/mol. The van der Waals surface area contributed by atoms with Gasteiger partial charge in [0.1, 0.15) is 5.69 Å². The third-order valence-electron chi connectivity index (χ3n) is 4.60. The van der Waals surface area contributed by atoms with Crippen molar-refractivity contribution in [2.75, 3.05) is 5.32 Å². The minimum absolute atomic E-state index is 0.0961. The summed E-state index contributed by atoms with van der Waals surface area (Å²) in [6.07, 6.45) is 0.0961. The fourth-order valence-corrected chi connectivity index (χ4v) is 3.58. The molecule has 6 heteroatoms. The van der Waals surface area contributed by atoms with Gasteiger partial charge >= 0.3 is 0 Å². The van der Waals surface area contributed by atoms with Crippen molar-refractivity contribution < 1.29 is 9.59 Å². The van der Waals surface area contributed by atoms with Crippen molar-refractivity contribution in [3.05, 3.63) is 99.7 Å². The number of H-pyrrole nitrogens is 1. The summed E-state index contributed by atoms with van der Waals surface area (Å²) < 4.78 is 0. The maximum atomic E-state index is 13.1. The zero-order valence-electron chi connectivity index (χ0n) is 15.2. The first-order chi connectivity index (χ1) is 14.0. The lowest BCUT2D eigenvalue weighted by Crippen LogP contribution is -2.17. The molecule has 0 aliphatic carbocycles. The minimum atomic E-state index is -0.268. The molecular weight excluding hydrogens is 407 g/mol. The number of benzene rings is 3. The molecule has 1 amide bonds. The van der Waals surface area contributed by atoms with E-state index in [1.807, 2.05) is 18.2 Å². The Morgan fingerprint density at radius 3 is 2.38 bits per heavy atom. The SMILES string of the molecule is O=C(Cc1ccccc1Cl)Nc1c(C(=O)c2ccccc2)[nH]c2cc(Cl)ccc12. The van der Waals surface area contributed by atoms with Gasteiger partial charge in [-0.3, -0.25) is 9.59 Å². The second-order valence-corrected chi connectivity index (χ2v) is 7.42. The van der Waals surface area contributed by atoms with E-state index in [-0.39, 0.29) is 18.1 Å². The molecule has 0 saturated carbocycles. The van der Waals surface area contributed by atoms with Crippen molar-refractivity contribution in [2.24, 2.45) is 0 Å². The standard InChI is InChI=1S/C23H16Cl2N2O2/c24-16-10-11-17-19(13-16)26-22(23(29)14-6-2-1-3-7-14)21(17)27-20(28)12-15-8-4-5-9-18(15)25/h1-11,13,26H,12H2,(H,27,28). The number of hydrogen-bond acceptors (Lipinski definition) is 2. The van der Waals surface area contributed by atoms with E-state index in [1.165, 1.54) is 0 Å². The lowest BCUT2D eigenvalue weighted by molar-refractivity contribution is -0.115. The maximum absolute atomic E-state index is 13.1. The van der Waals surface area contributed by atoms with Gasteiger partial charge in [-0.25, -0.2) is 0 Å². The van der Waals surface area contributed by atoms with Crippen molar-refractivity contribution in [3.8, 4) is 0 Å². The highest BCUT2D eigenvalue weighted by molar-refractivity contribution is 6.32.